The SMILES string of the molecule is COc1ccc(C)cc1S(=O)(=O)NCCCC1CCS(=O)(=O)C1. The van der Waals surface area contributed by atoms with Crippen LogP contribution in [0.15, 0.2) is 23.1 Å². The molecule has 0 bridgehead atoms. The van der Waals surface area contributed by atoms with Crippen molar-refractivity contribution in [1.29, 1.82) is 0 Å². The highest BCUT2D eigenvalue weighted by Gasteiger charge is 2.27. The molecule has 0 spiro atoms. The maximum Gasteiger partial charge on any atom is 0.244 e. The second-order valence-corrected chi connectivity index (χ2v) is 9.93. The number of methoxy groups -OCH3 is 1. The Labute approximate surface area is 138 Å². The van der Waals surface area contributed by atoms with E-state index in [0.29, 0.717) is 25.0 Å². The van der Waals surface area contributed by atoms with E-state index in [-0.39, 0.29) is 28.9 Å². The van der Waals surface area contributed by atoms with Crippen LogP contribution >= 0.6 is 0 Å². The molecule has 1 aromatic carbocycles. The van der Waals surface area contributed by atoms with Crippen molar-refractivity contribution in [2.75, 3.05) is 25.2 Å². The van der Waals surface area contributed by atoms with Crippen molar-refractivity contribution in [2.45, 2.75) is 31.1 Å². The lowest BCUT2D eigenvalue weighted by Crippen LogP contribution is -2.25. The van der Waals surface area contributed by atoms with Crippen molar-refractivity contribution in [3.05, 3.63) is 23.8 Å². The van der Waals surface area contributed by atoms with Crippen LogP contribution < -0.4 is 9.46 Å². The highest BCUT2D eigenvalue weighted by molar-refractivity contribution is 7.91. The third-order valence-corrected chi connectivity index (χ3v) is 7.34. The third-order valence-electron chi connectivity index (χ3n) is 4.02. The van der Waals surface area contributed by atoms with E-state index >= 15 is 0 Å². The van der Waals surface area contributed by atoms with E-state index < -0.39 is 19.9 Å². The number of aryl methyl sites for hydroxylation is 1. The van der Waals surface area contributed by atoms with Crippen LogP contribution in [0, 0.1) is 12.8 Å². The van der Waals surface area contributed by atoms with E-state index in [2.05, 4.69) is 4.72 Å². The topological polar surface area (TPSA) is 89.5 Å². The Kier molecular flexibility index (Phi) is 5.70. The van der Waals surface area contributed by atoms with Crippen molar-refractivity contribution in [3.63, 3.8) is 0 Å². The van der Waals surface area contributed by atoms with Crippen LogP contribution in [-0.2, 0) is 19.9 Å². The summed E-state index contributed by atoms with van der Waals surface area (Å²) in [5, 5.41) is 0. The molecule has 0 amide bonds. The monoisotopic (exact) mass is 361 g/mol. The van der Waals surface area contributed by atoms with Gasteiger partial charge in [0.1, 0.15) is 10.6 Å². The van der Waals surface area contributed by atoms with Gasteiger partial charge < -0.3 is 4.74 Å². The van der Waals surface area contributed by atoms with Gasteiger partial charge in [-0.3, -0.25) is 0 Å². The van der Waals surface area contributed by atoms with Gasteiger partial charge in [-0.2, -0.15) is 0 Å². The molecule has 1 aliphatic heterocycles. The molecular formula is C15H23NO5S2. The van der Waals surface area contributed by atoms with Gasteiger partial charge in [0.05, 0.1) is 18.6 Å². The van der Waals surface area contributed by atoms with E-state index in [1.54, 1.807) is 18.2 Å². The lowest BCUT2D eigenvalue weighted by Gasteiger charge is -2.12. The average molecular weight is 361 g/mol. The molecule has 23 heavy (non-hydrogen) atoms. The largest absolute Gasteiger partial charge is 0.495 e. The number of sulfonamides is 1. The van der Waals surface area contributed by atoms with Gasteiger partial charge in [0.25, 0.3) is 0 Å². The van der Waals surface area contributed by atoms with Crippen LogP contribution in [0.25, 0.3) is 0 Å². The number of ether oxygens (including phenoxy) is 1. The first-order chi connectivity index (χ1) is 10.7. The summed E-state index contributed by atoms with van der Waals surface area (Å²) in [6, 6.07) is 5.00. The summed E-state index contributed by atoms with van der Waals surface area (Å²) < 4.78 is 55.2. The highest BCUT2D eigenvalue weighted by Crippen LogP contribution is 2.25. The van der Waals surface area contributed by atoms with Gasteiger partial charge in [-0.05, 0) is 49.8 Å². The minimum atomic E-state index is -3.64. The molecule has 6 nitrogen and oxygen atoms in total. The van der Waals surface area contributed by atoms with Gasteiger partial charge in [-0.25, -0.2) is 21.6 Å². The first-order valence-corrected chi connectivity index (χ1v) is 10.9. The smallest absolute Gasteiger partial charge is 0.244 e. The summed E-state index contributed by atoms with van der Waals surface area (Å²) in [4.78, 5) is 0.128. The molecule has 1 unspecified atom stereocenters. The van der Waals surface area contributed by atoms with Crippen molar-refractivity contribution < 1.29 is 21.6 Å². The number of rotatable bonds is 7. The maximum absolute atomic E-state index is 12.4. The standard InChI is InChI=1S/C15H23NO5S2/c1-12-5-6-14(21-2)15(10-12)23(19,20)16-8-3-4-13-7-9-22(17,18)11-13/h5-6,10,13,16H,3-4,7-9,11H2,1-2H3. The summed E-state index contributed by atoms with van der Waals surface area (Å²) in [5.74, 6) is 0.943. The summed E-state index contributed by atoms with van der Waals surface area (Å²) in [6.07, 6.45) is 2.01. The van der Waals surface area contributed by atoms with Crippen molar-refractivity contribution in [2.24, 2.45) is 5.92 Å². The minimum Gasteiger partial charge on any atom is -0.495 e. The number of hydrogen-bond acceptors (Lipinski definition) is 5. The van der Waals surface area contributed by atoms with Crippen molar-refractivity contribution >= 4 is 19.9 Å². The minimum absolute atomic E-state index is 0.128. The zero-order valence-corrected chi connectivity index (χ0v) is 15.0. The fourth-order valence-electron chi connectivity index (χ4n) is 2.77. The third kappa shape index (κ3) is 4.92. The van der Waals surface area contributed by atoms with Gasteiger partial charge in [-0.15, -0.1) is 0 Å². The summed E-state index contributed by atoms with van der Waals surface area (Å²) in [7, 11) is -5.08. The molecule has 0 aliphatic carbocycles. The Morgan fingerprint density at radius 3 is 2.70 bits per heavy atom. The Morgan fingerprint density at radius 2 is 2.09 bits per heavy atom. The average Bonchev–Trinajstić information content (AvgIpc) is 2.83. The maximum atomic E-state index is 12.4. The predicted molar refractivity (Wildman–Crippen MR) is 88.9 cm³/mol. The van der Waals surface area contributed by atoms with Gasteiger partial charge in [0, 0.05) is 6.54 Å². The lowest BCUT2D eigenvalue weighted by molar-refractivity contribution is 0.402. The Hall–Kier alpha value is -1.12. The molecule has 0 aromatic heterocycles. The van der Waals surface area contributed by atoms with Gasteiger partial charge in [-0.1, -0.05) is 6.07 Å². The molecule has 1 saturated heterocycles. The quantitative estimate of drug-likeness (QED) is 0.743. The fraction of sp³-hybridized carbons (Fsp3) is 0.600. The van der Waals surface area contributed by atoms with Crippen LogP contribution in [-0.4, -0.2) is 42.0 Å². The summed E-state index contributed by atoms with van der Waals surface area (Å²) in [6.45, 7) is 2.11. The van der Waals surface area contributed by atoms with E-state index in [4.69, 9.17) is 4.74 Å². The molecule has 1 N–H and O–H groups in total. The normalized spacial score (nSPS) is 20.5. The van der Waals surface area contributed by atoms with Crippen LogP contribution in [0.5, 0.6) is 5.75 Å². The second-order valence-electron chi connectivity index (χ2n) is 5.96. The Morgan fingerprint density at radius 1 is 1.35 bits per heavy atom. The van der Waals surface area contributed by atoms with Crippen LogP contribution in [0.4, 0.5) is 0 Å². The molecule has 0 saturated carbocycles. The van der Waals surface area contributed by atoms with Crippen molar-refractivity contribution in [3.8, 4) is 5.75 Å². The Bertz CT molecular complexity index is 756. The van der Waals surface area contributed by atoms with Gasteiger partial charge >= 0.3 is 0 Å². The van der Waals surface area contributed by atoms with E-state index in [0.717, 1.165) is 5.56 Å². The van der Waals surface area contributed by atoms with Gasteiger partial charge in [0.15, 0.2) is 9.84 Å². The number of nitrogens with one attached hydrogen (secondary N) is 1. The number of hydrogen-bond donors (Lipinski definition) is 1. The van der Waals surface area contributed by atoms with Gasteiger partial charge in [0.2, 0.25) is 10.0 Å². The second kappa shape index (κ2) is 7.19. The highest BCUT2D eigenvalue weighted by atomic mass is 32.2. The molecule has 1 aromatic rings. The molecule has 1 heterocycles. The van der Waals surface area contributed by atoms with Crippen molar-refractivity contribution in [1.82, 2.24) is 4.72 Å². The van der Waals surface area contributed by atoms with Crippen LogP contribution in [0.2, 0.25) is 0 Å². The zero-order chi connectivity index (χ0) is 17.1. The summed E-state index contributed by atoms with van der Waals surface area (Å²) in [5.41, 5.74) is 0.835. The number of sulfone groups is 1. The lowest BCUT2D eigenvalue weighted by atomic mass is 10.0. The molecule has 2 rings (SSSR count). The van der Waals surface area contributed by atoms with Crippen LogP contribution in [0.3, 0.4) is 0 Å². The molecule has 130 valence electrons. The number of benzene rings is 1. The predicted octanol–water partition coefficient (Wildman–Crippen LogP) is 1.50. The Balaban J connectivity index is 1.91. The molecular weight excluding hydrogens is 338 g/mol. The molecule has 8 heteroatoms. The van der Waals surface area contributed by atoms with E-state index in [1.807, 2.05) is 6.92 Å². The molecule has 1 fully saturated rings. The fourth-order valence-corrected chi connectivity index (χ4v) is 6.01. The zero-order valence-electron chi connectivity index (χ0n) is 13.4. The first kappa shape index (κ1) is 18.2. The first-order valence-electron chi connectivity index (χ1n) is 7.58. The van der Waals surface area contributed by atoms with E-state index in [1.165, 1.54) is 7.11 Å². The van der Waals surface area contributed by atoms with E-state index in [9.17, 15) is 16.8 Å². The molecule has 1 atom stereocenters. The summed E-state index contributed by atoms with van der Waals surface area (Å²) >= 11 is 0. The molecule has 1 aliphatic rings. The van der Waals surface area contributed by atoms with Crippen LogP contribution in [0.1, 0.15) is 24.8 Å². The molecule has 0 radical (unpaired) electrons.